The lowest BCUT2D eigenvalue weighted by Gasteiger charge is -2.13. The van der Waals surface area contributed by atoms with Crippen molar-refractivity contribution in [2.45, 2.75) is 23.6 Å². The number of non-ortho nitro benzene ring substituents is 1. The van der Waals surface area contributed by atoms with Gasteiger partial charge in [0.15, 0.2) is 11.0 Å². The Balaban J connectivity index is 1.54. The first-order valence-electron chi connectivity index (χ1n) is 10.8. The summed E-state index contributed by atoms with van der Waals surface area (Å²) in [6.45, 7) is 0.00415. The Hall–Kier alpha value is -3.97. The number of thiazole rings is 1. The SMILES string of the molecule is O=c1sc2ccccc2n1Cc1nnc(SCc2ccc([N+](=O)[O-])cc2)n1-c1cccc(C(F)(F)F)c1. The minimum Gasteiger partial charge on any atom is -0.291 e. The predicted molar refractivity (Wildman–Crippen MR) is 134 cm³/mol. The Kier molecular flexibility index (Phi) is 6.56. The molecule has 13 heteroatoms. The normalized spacial score (nSPS) is 11.8. The van der Waals surface area contributed by atoms with Crippen molar-refractivity contribution in [3.05, 3.63) is 110 Å². The molecule has 0 fully saturated rings. The third-order valence-electron chi connectivity index (χ3n) is 5.52. The third-order valence-corrected chi connectivity index (χ3v) is 7.48. The van der Waals surface area contributed by atoms with Gasteiger partial charge in [-0.2, -0.15) is 13.2 Å². The number of thioether (sulfide) groups is 1. The standard InChI is InChI=1S/C24H16F3N5O3S2/c25-24(26,27)16-4-3-5-18(12-16)31-21(13-30-19-6-1-2-7-20(19)37-23(30)33)28-29-22(31)36-14-15-8-10-17(11-9-15)32(34)35/h1-12H,13-14H2. The van der Waals surface area contributed by atoms with E-state index in [1.54, 1.807) is 24.3 Å². The number of hydrogen-bond donors (Lipinski definition) is 0. The molecule has 5 aromatic rings. The average molecular weight is 544 g/mol. The van der Waals surface area contributed by atoms with Crippen LogP contribution in [0, 0.1) is 10.1 Å². The van der Waals surface area contributed by atoms with Crippen LogP contribution in [0.15, 0.2) is 82.7 Å². The van der Waals surface area contributed by atoms with E-state index in [-0.39, 0.29) is 28.6 Å². The number of hydrogen-bond acceptors (Lipinski definition) is 7. The van der Waals surface area contributed by atoms with Gasteiger partial charge >= 0.3 is 11.0 Å². The second-order valence-electron chi connectivity index (χ2n) is 7.92. The number of nitrogens with zero attached hydrogens (tertiary/aromatic N) is 5. The van der Waals surface area contributed by atoms with Gasteiger partial charge in [-0.1, -0.05) is 53.4 Å². The van der Waals surface area contributed by atoms with Crippen molar-refractivity contribution in [1.82, 2.24) is 19.3 Å². The molecule has 0 N–H and O–H groups in total. The molecule has 3 aromatic carbocycles. The second kappa shape index (κ2) is 9.82. The molecule has 2 aromatic heterocycles. The largest absolute Gasteiger partial charge is 0.416 e. The zero-order valence-corrected chi connectivity index (χ0v) is 20.4. The van der Waals surface area contributed by atoms with Crippen molar-refractivity contribution in [1.29, 1.82) is 0 Å². The highest BCUT2D eigenvalue weighted by Crippen LogP contribution is 2.32. The maximum Gasteiger partial charge on any atom is 0.416 e. The highest BCUT2D eigenvalue weighted by molar-refractivity contribution is 7.98. The number of halogens is 3. The Morgan fingerprint density at radius 2 is 1.76 bits per heavy atom. The maximum atomic E-state index is 13.5. The zero-order chi connectivity index (χ0) is 26.2. The molecule has 0 aliphatic carbocycles. The van der Waals surface area contributed by atoms with E-state index in [4.69, 9.17) is 0 Å². The summed E-state index contributed by atoms with van der Waals surface area (Å²) in [4.78, 5) is 22.9. The molecule has 0 bridgehead atoms. The highest BCUT2D eigenvalue weighted by atomic mass is 32.2. The van der Waals surface area contributed by atoms with Crippen LogP contribution in [0.5, 0.6) is 0 Å². The van der Waals surface area contributed by atoms with Crippen molar-refractivity contribution in [2.75, 3.05) is 0 Å². The Bertz CT molecular complexity index is 1660. The first-order valence-corrected chi connectivity index (χ1v) is 12.6. The Morgan fingerprint density at radius 1 is 1.00 bits per heavy atom. The summed E-state index contributed by atoms with van der Waals surface area (Å²) >= 11 is 2.29. The van der Waals surface area contributed by atoms with Crippen molar-refractivity contribution in [2.24, 2.45) is 0 Å². The molecule has 0 saturated carbocycles. The van der Waals surface area contributed by atoms with Gasteiger partial charge in [-0.25, -0.2) is 0 Å². The van der Waals surface area contributed by atoms with E-state index in [0.29, 0.717) is 16.4 Å². The molecule has 5 rings (SSSR count). The van der Waals surface area contributed by atoms with Gasteiger partial charge in [0.25, 0.3) is 5.69 Å². The average Bonchev–Trinajstić information content (AvgIpc) is 3.43. The number of rotatable bonds is 7. The van der Waals surface area contributed by atoms with Crippen LogP contribution in [0.2, 0.25) is 0 Å². The highest BCUT2D eigenvalue weighted by Gasteiger charge is 2.31. The van der Waals surface area contributed by atoms with Gasteiger partial charge in [-0.3, -0.25) is 24.0 Å². The van der Waals surface area contributed by atoms with Crippen molar-refractivity contribution in [3.63, 3.8) is 0 Å². The number of para-hydroxylation sites is 1. The van der Waals surface area contributed by atoms with Crippen molar-refractivity contribution < 1.29 is 18.1 Å². The first kappa shape index (κ1) is 24.7. The van der Waals surface area contributed by atoms with Gasteiger partial charge in [0.1, 0.15) is 0 Å². The lowest BCUT2D eigenvalue weighted by atomic mass is 10.2. The molecule has 188 valence electrons. The van der Waals surface area contributed by atoms with E-state index < -0.39 is 16.7 Å². The smallest absolute Gasteiger partial charge is 0.291 e. The number of nitro benzene ring substituents is 1. The van der Waals surface area contributed by atoms with E-state index in [9.17, 15) is 28.1 Å². The molecule has 0 amide bonds. The summed E-state index contributed by atoms with van der Waals surface area (Å²) in [5.41, 5.74) is 0.784. The van der Waals surface area contributed by atoms with E-state index in [1.807, 2.05) is 12.1 Å². The summed E-state index contributed by atoms with van der Waals surface area (Å²) in [5.74, 6) is 0.632. The number of nitro groups is 1. The van der Waals surface area contributed by atoms with Crippen LogP contribution < -0.4 is 4.87 Å². The Labute approximate surface area is 215 Å². The fourth-order valence-electron chi connectivity index (χ4n) is 3.74. The van der Waals surface area contributed by atoms with E-state index >= 15 is 0 Å². The number of fused-ring (bicyclic) bond motifs is 1. The number of aromatic nitrogens is 4. The molecule has 0 aliphatic rings. The van der Waals surface area contributed by atoms with E-state index in [0.717, 1.165) is 33.7 Å². The topological polar surface area (TPSA) is 95.8 Å². The fourth-order valence-corrected chi connectivity index (χ4v) is 5.56. The van der Waals surface area contributed by atoms with E-state index in [1.165, 1.54) is 45.2 Å². The van der Waals surface area contributed by atoms with Crippen LogP contribution in [-0.2, 0) is 18.5 Å². The number of alkyl halides is 3. The fraction of sp³-hybridized carbons (Fsp3) is 0.125. The van der Waals surface area contributed by atoms with E-state index in [2.05, 4.69) is 10.2 Å². The zero-order valence-electron chi connectivity index (χ0n) is 18.8. The summed E-state index contributed by atoms with van der Waals surface area (Å²) in [7, 11) is 0. The quantitative estimate of drug-likeness (QED) is 0.144. The third kappa shape index (κ3) is 5.13. The lowest BCUT2D eigenvalue weighted by Crippen LogP contribution is -2.17. The molecule has 0 aliphatic heterocycles. The predicted octanol–water partition coefficient (Wildman–Crippen LogP) is 5.91. The Morgan fingerprint density at radius 3 is 2.49 bits per heavy atom. The number of benzene rings is 3. The maximum absolute atomic E-state index is 13.5. The van der Waals surface area contributed by atoms with Crippen LogP contribution in [-0.4, -0.2) is 24.3 Å². The lowest BCUT2D eigenvalue weighted by molar-refractivity contribution is -0.384. The monoisotopic (exact) mass is 543 g/mol. The molecule has 0 spiro atoms. The van der Waals surface area contributed by atoms with Gasteiger partial charge in [0.05, 0.1) is 32.9 Å². The molecule has 0 atom stereocenters. The molecule has 8 nitrogen and oxygen atoms in total. The summed E-state index contributed by atoms with van der Waals surface area (Å²) in [6.07, 6.45) is -4.54. The summed E-state index contributed by atoms with van der Waals surface area (Å²) in [6, 6.07) is 18.0. The molecular formula is C24H16F3N5O3S2. The molecule has 0 saturated heterocycles. The van der Waals surface area contributed by atoms with Crippen LogP contribution >= 0.6 is 23.1 Å². The minimum atomic E-state index is -4.54. The van der Waals surface area contributed by atoms with Crippen LogP contribution in [0.25, 0.3) is 15.9 Å². The van der Waals surface area contributed by atoms with Gasteiger partial charge in [0.2, 0.25) is 0 Å². The van der Waals surface area contributed by atoms with Gasteiger partial charge in [0, 0.05) is 17.9 Å². The van der Waals surface area contributed by atoms with Crippen LogP contribution in [0.4, 0.5) is 18.9 Å². The van der Waals surface area contributed by atoms with Gasteiger partial charge < -0.3 is 0 Å². The summed E-state index contributed by atoms with van der Waals surface area (Å²) in [5, 5.41) is 19.7. The molecule has 0 radical (unpaired) electrons. The van der Waals surface area contributed by atoms with Crippen LogP contribution in [0.1, 0.15) is 17.0 Å². The van der Waals surface area contributed by atoms with Crippen molar-refractivity contribution >= 4 is 39.0 Å². The first-order chi connectivity index (χ1) is 17.7. The minimum absolute atomic E-state index is 0.00415. The van der Waals surface area contributed by atoms with Crippen molar-refractivity contribution in [3.8, 4) is 5.69 Å². The molecule has 2 heterocycles. The molecule has 37 heavy (non-hydrogen) atoms. The molecular weight excluding hydrogens is 527 g/mol. The summed E-state index contributed by atoms with van der Waals surface area (Å²) < 4.78 is 44.2. The molecule has 0 unspecified atom stereocenters. The second-order valence-corrected chi connectivity index (χ2v) is 9.85. The van der Waals surface area contributed by atoms with Gasteiger partial charge in [-0.15, -0.1) is 10.2 Å². The van der Waals surface area contributed by atoms with Gasteiger partial charge in [-0.05, 0) is 35.9 Å². The van der Waals surface area contributed by atoms with Crippen LogP contribution in [0.3, 0.4) is 0 Å².